The van der Waals surface area contributed by atoms with Gasteiger partial charge in [-0.1, -0.05) is 44.1 Å². The molecule has 2 saturated carbocycles. The minimum atomic E-state index is 0.249. The fraction of sp³-hybridized carbons (Fsp3) is 0.714. The highest BCUT2D eigenvalue weighted by Crippen LogP contribution is 2.64. The van der Waals surface area contributed by atoms with Crippen molar-refractivity contribution in [3.63, 3.8) is 0 Å². The van der Waals surface area contributed by atoms with Crippen LogP contribution in [-0.2, 0) is 0 Å². The van der Waals surface area contributed by atoms with Crippen LogP contribution in [0.3, 0.4) is 0 Å². The largest absolute Gasteiger partial charge is 0.384 e. The lowest BCUT2D eigenvalue weighted by molar-refractivity contribution is -0.00788. The van der Waals surface area contributed by atoms with E-state index < -0.39 is 0 Å². The van der Waals surface area contributed by atoms with Crippen molar-refractivity contribution in [1.82, 2.24) is 5.32 Å². The average Bonchev–Trinajstić information content (AvgIpc) is 2.90. The predicted octanol–water partition coefficient (Wildman–Crippen LogP) is 5.22. The summed E-state index contributed by atoms with van der Waals surface area (Å²) < 4.78 is 0. The van der Waals surface area contributed by atoms with Crippen molar-refractivity contribution < 1.29 is 0 Å². The van der Waals surface area contributed by atoms with E-state index in [2.05, 4.69) is 44.0 Å². The number of hydrogen-bond donors (Lipinski definition) is 1. The summed E-state index contributed by atoms with van der Waals surface area (Å²) in [4.78, 5) is 0. The smallest absolute Gasteiger partial charge is 0.0331 e. The molecule has 0 radical (unpaired) electrons. The molecule has 3 aliphatic carbocycles. The van der Waals surface area contributed by atoms with Crippen LogP contribution in [-0.4, -0.2) is 6.54 Å². The molecule has 1 heterocycles. The van der Waals surface area contributed by atoms with Crippen LogP contribution in [0.5, 0.6) is 0 Å². The van der Waals surface area contributed by atoms with Gasteiger partial charge in [0, 0.05) is 17.7 Å². The Bertz CT molecular complexity index is 542. The van der Waals surface area contributed by atoms with Crippen LogP contribution in [0.2, 0.25) is 0 Å². The summed E-state index contributed by atoms with van der Waals surface area (Å²) >= 11 is 0. The second-order valence-electron chi connectivity index (χ2n) is 8.62. The second kappa shape index (κ2) is 5.01. The Morgan fingerprint density at radius 1 is 1.23 bits per heavy atom. The lowest BCUT2D eigenvalue weighted by Crippen LogP contribution is -2.51. The van der Waals surface area contributed by atoms with Crippen molar-refractivity contribution in [3.8, 4) is 0 Å². The molecule has 4 rings (SSSR count). The molecule has 0 aromatic rings. The van der Waals surface area contributed by atoms with E-state index in [0.717, 1.165) is 30.7 Å². The average molecular weight is 297 g/mol. The maximum Gasteiger partial charge on any atom is 0.0331 e. The van der Waals surface area contributed by atoms with Crippen LogP contribution in [0.15, 0.2) is 36.1 Å². The number of rotatable bonds is 2. The molecule has 0 aromatic heterocycles. The molecule has 120 valence electrons. The standard InChI is InChI=1S/C21H31N/c1-4-6-15-11-14-22-19-9-8-16-17-7-5-12-20(17,2)13-10-18(16)21(15,19)3/h4,9,11,16-18,22H,1,5-8,10,12-14H2,2-3H3/t16-,17-,18-,20-,21+/m0/s1. The fourth-order valence-electron chi connectivity index (χ4n) is 6.61. The van der Waals surface area contributed by atoms with E-state index in [4.69, 9.17) is 0 Å². The molecular formula is C21H31N. The third-order valence-corrected chi connectivity index (χ3v) is 7.79. The molecule has 0 saturated heterocycles. The van der Waals surface area contributed by atoms with Gasteiger partial charge in [-0.2, -0.15) is 0 Å². The summed E-state index contributed by atoms with van der Waals surface area (Å²) in [6.07, 6.45) is 16.8. The predicted molar refractivity (Wildman–Crippen MR) is 93.4 cm³/mol. The Labute approximate surface area is 135 Å². The number of nitrogens with one attached hydrogen (secondary N) is 1. The van der Waals surface area contributed by atoms with E-state index >= 15 is 0 Å². The van der Waals surface area contributed by atoms with Gasteiger partial charge in [0.05, 0.1) is 0 Å². The van der Waals surface area contributed by atoms with E-state index in [1.807, 2.05) is 0 Å². The Hall–Kier alpha value is -0.980. The van der Waals surface area contributed by atoms with Gasteiger partial charge < -0.3 is 5.32 Å². The molecule has 0 amide bonds. The minimum absolute atomic E-state index is 0.249. The first-order valence-electron chi connectivity index (χ1n) is 9.34. The summed E-state index contributed by atoms with van der Waals surface area (Å²) in [5.74, 6) is 2.71. The van der Waals surface area contributed by atoms with Crippen molar-refractivity contribution in [3.05, 3.63) is 36.1 Å². The van der Waals surface area contributed by atoms with E-state index in [-0.39, 0.29) is 5.41 Å². The van der Waals surface area contributed by atoms with Gasteiger partial charge in [-0.15, -0.1) is 6.58 Å². The number of allylic oxidation sites excluding steroid dienone is 3. The molecule has 0 aromatic carbocycles. The third kappa shape index (κ3) is 1.83. The Morgan fingerprint density at radius 3 is 2.91 bits per heavy atom. The molecule has 1 N–H and O–H groups in total. The molecule has 2 fully saturated rings. The molecule has 1 heteroatoms. The third-order valence-electron chi connectivity index (χ3n) is 7.79. The summed E-state index contributed by atoms with van der Waals surface area (Å²) in [5, 5.41) is 3.70. The van der Waals surface area contributed by atoms with Gasteiger partial charge in [0.2, 0.25) is 0 Å². The van der Waals surface area contributed by atoms with Crippen molar-refractivity contribution in [2.45, 2.75) is 58.8 Å². The Kier molecular flexibility index (Phi) is 3.33. The normalized spacial score (nSPS) is 46.5. The SMILES string of the molecule is C=CCC1=CCNC2=CC[C@H]3[C@@H]4CCC[C@@]4(C)CC[C@@H]3[C@@]12C. The first-order valence-corrected chi connectivity index (χ1v) is 9.34. The quantitative estimate of drug-likeness (QED) is 0.689. The van der Waals surface area contributed by atoms with Crippen LogP contribution in [0.4, 0.5) is 0 Å². The summed E-state index contributed by atoms with van der Waals surface area (Å²) in [7, 11) is 0. The van der Waals surface area contributed by atoms with Crippen LogP contribution < -0.4 is 5.32 Å². The van der Waals surface area contributed by atoms with Gasteiger partial charge in [-0.25, -0.2) is 0 Å². The Morgan fingerprint density at radius 2 is 2.09 bits per heavy atom. The summed E-state index contributed by atoms with van der Waals surface area (Å²) in [5.41, 5.74) is 4.05. The molecular weight excluding hydrogens is 266 g/mol. The van der Waals surface area contributed by atoms with Crippen molar-refractivity contribution in [2.24, 2.45) is 28.6 Å². The molecule has 0 unspecified atom stereocenters. The van der Waals surface area contributed by atoms with Gasteiger partial charge in [-0.3, -0.25) is 0 Å². The van der Waals surface area contributed by atoms with Crippen molar-refractivity contribution in [1.29, 1.82) is 0 Å². The van der Waals surface area contributed by atoms with Crippen molar-refractivity contribution >= 4 is 0 Å². The van der Waals surface area contributed by atoms with Crippen LogP contribution in [0.1, 0.15) is 58.8 Å². The van der Waals surface area contributed by atoms with Gasteiger partial charge in [0.15, 0.2) is 0 Å². The van der Waals surface area contributed by atoms with E-state index in [1.165, 1.54) is 44.2 Å². The zero-order valence-corrected chi connectivity index (χ0v) is 14.3. The number of hydrogen-bond acceptors (Lipinski definition) is 1. The number of fused-ring (bicyclic) bond motifs is 5. The molecule has 4 aliphatic rings. The minimum Gasteiger partial charge on any atom is -0.384 e. The highest BCUT2D eigenvalue weighted by atomic mass is 14.9. The first-order chi connectivity index (χ1) is 10.6. The van der Waals surface area contributed by atoms with Crippen LogP contribution in [0, 0.1) is 28.6 Å². The molecule has 22 heavy (non-hydrogen) atoms. The monoisotopic (exact) mass is 297 g/mol. The van der Waals surface area contributed by atoms with E-state index in [0.29, 0.717) is 5.41 Å². The second-order valence-corrected chi connectivity index (χ2v) is 8.62. The van der Waals surface area contributed by atoms with E-state index in [9.17, 15) is 0 Å². The molecule has 0 bridgehead atoms. The highest BCUT2D eigenvalue weighted by Gasteiger charge is 2.56. The topological polar surface area (TPSA) is 12.0 Å². The van der Waals surface area contributed by atoms with Gasteiger partial charge >= 0.3 is 0 Å². The zero-order valence-electron chi connectivity index (χ0n) is 14.3. The molecule has 0 spiro atoms. The van der Waals surface area contributed by atoms with E-state index in [1.54, 1.807) is 5.57 Å². The van der Waals surface area contributed by atoms with Crippen molar-refractivity contribution in [2.75, 3.05) is 6.54 Å². The molecule has 1 nitrogen and oxygen atoms in total. The Balaban J connectivity index is 1.74. The fourth-order valence-corrected chi connectivity index (χ4v) is 6.61. The maximum atomic E-state index is 4.01. The van der Waals surface area contributed by atoms with Crippen LogP contribution >= 0.6 is 0 Å². The first kappa shape index (κ1) is 14.6. The molecule has 1 aliphatic heterocycles. The van der Waals surface area contributed by atoms with Gasteiger partial charge in [0.1, 0.15) is 0 Å². The maximum absolute atomic E-state index is 4.01. The summed E-state index contributed by atoms with van der Waals surface area (Å²) in [6, 6.07) is 0. The van der Waals surface area contributed by atoms with Gasteiger partial charge in [-0.05, 0) is 61.7 Å². The zero-order chi connectivity index (χ0) is 15.4. The van der Waals surface area contributed by atoms with Crippen LogP contribution in [0.25, 0.3) is 0 Å². The summed E-state index contributed by atoms with van der Waals surface area (Å²) in [6.45, 7) is 10.1. The lowest BCUT2D eigenvalue weighted by atomic mass is 9.49. The lowest BCUT2D eigenvalue weighted by Gasteiger charge is -2.57. The van der Waals surface area contributed by atoms with Gasteiger partial charge in [0.25, 0.3) is 0 Å². The molecule has 5 atom stereocenters. The highest BCUT2D eigenvalue weighted by molar-refractivity contribution is 5.37.